The first kappa shape index (κ1) is 13.9. The molecule has 1 saturated carbocycles. The van der Waals surface area contributed by atoms with E-state index in [0.29, 0.717) is 0 Å². The van der Waals surface area contributed by atoms with E-state index in [1.54, 1.807) is 0 Å². The Hall–Kier alpha value is -1.68. The summed E-state index contributed by atoms with van der Waals surface area (Å²) in [6.07, 6.45) is 13.0. The molecular formula is C18H24N4. The Kier molecular flexibility index (Phi) is 3.94. The third-order valence-electron chi connectivity index (χ3n) is 5.31. The average Bonchev–Trinajstić information content (AvgIpc) is 3.14. The largest absolute Gasteiger partial charge is 0.335 e. The average molecular weight is 296 g/mol. The quantitative estimate of drug-likeness (QED) is 0.849. The van der Waals surface area contributed by atoms with Crippen molar-refractivity contribution < 1.29 is 0 Å². The number of aromatic nitrogens is 3. The van der Waals surface area contributed by atoms with E-state index in [0.717, 1.165) is 36.4 Å². The van der Waals surface area contributed by atoms with Gasteiger partial charge in [-0.05, 0) is 50.3 Å². The van der Waals surface area contributed by atoms with Crippen molar-refractivity contribution in [3.05, 3.63) is 36.9 Å². The minimum absolute atomic E-state index is 0.854. The lowest BCUT2D eigenvalue weighted by Gasteiger charge is -2.37. The van der Waals surface area contributed by atoms with Crippen molar-refractivity contribution in [2.45, 2.75) is 44.7 Å². The van der Waals surface area contributed by atoms with Crippen molar-refractivity contribution in [3.8, 4) is 11.4 Å². The molecular weight excluding hydrogens is 272 g/mol. The van der Waals surface area contributed by atoms with E-state index >= 15 is 0 Å². The van der Waals surface area contributed by atoms with Crippen LogP contribution in [-0.4, -0.2) is 38.6 Å². The number of hydrogen-bond acceptors (Lipinski definition) is 3. The van der Waals surface area contributed by atoms with Gasteiger partial charge in [-0.2, -0.15) is 0 Å². The summed E-state index contributed by atoms with van der Waals surface area (Å²) in [5.41, 5.74) is 1.92. The predicted molar refractivity (Wildman–Crippen MR) is 87.4 cm³/mol. The SMILES string of the molecule is c1ccc(-c2cn(CCN3CCC[C@@H]3C3CCC3)cn2)nc1. The maximum atomic E-state index is 4.50. The van der Waals surface area contributed by atoms with Gasteiger partial charge in [0.15, 0.2) is 0 Å². The predicted octanol–water partition coefficient (Wildman–Crippen LogP) is 3.21. The van der Waals surface area contributed by atoms with E-state index in [1.807, 2.05) is 30.7 Å². The molecule has 1 aliphatic carbocycles. The number of pyridine rings is 1. The normalized spacial score (nSPS) is 22.8. The first-order valence-electron chi connectivity index (χ1n) is 8.57. The maximum absolute atomic E-state index is 4.50. The van der Waals surface area contributed by atoms with Crippen LogP contribution in [0.15, 0.2) is 36.9 Å². The Morgan fingerprint density at radius 3 is 2.73 bits per heavy atom. The van der Waals surface area contributed by atoms with Gasteiger partial charge in [0.1, 0.15) is 5.69 Å². The number of nitrogens with zero attached hydrogens (tertiary/aromatic N) is 4. The molecule has 1 atom stereocenters. The van der Waals surface area contributed by atoms with Crippen LogP contribution >= 0.6 is 0 Å². The highest BCUT2D eigenvalue weighted by molar-refractivity contribution is 5.52. The lowest BCUT2D eigenvalue weighted by molar-refractivity contribution is 0.128. The molecule has 0 spiro atoms. The van der Waals surface area contributed by atoms with Crippen LogP contribution in [0.25, 0.3) is 11.4 Å². The maximum Gasteiger partial charge on any atom is 0.107 e. The van der Waals surface area contributed by atoms with E-state index in [9.17, 15) is 0 Å². The van der Waals surface area contributed by atoms with Gasteiger partial charge in [-0.3, -0.25) is 9.88 Å². The number of hydrogen-bond donors (Lipinski definition) is 0. The summed E-state index contributed by atoms with van der Waals surface area (Å²) in [6, 6.07) is 6.82. The van der Waals surface area contributed by atoms with Gasteiger partial charge in [0.05, 0.1) is 12.0 Å². The van der Waals surface area contributed by atoms with Crippen LogP contribution in [0, 0.1) is 5.92 Å². The summed E-state index contributed by atoms with van der Waals surface area (Å²) in [5, 5.41) is 0. The van der Waals surface area contributed by atoms with Crippen molar-refractivity contribution in [2.75, 3.05) is 13.1 Å². The van der Waals surface area contributed by atoms with Crippen LogP contribution in [-0.2, 0) is 6.54 Å². The van der Waals surface area contributed by atoms with Gasteiger partial charge in [-0.1, -0.05) is 12.5 Å². The highest BCUT2D eigenvalue weighted by Crippen LogP contribution is 2.36. The molecule has 2 fully saturated rings. The first-order chi connectivity index (χ1) is 10.9. The van der Waals surface area contributed by atoms with Crippen LogP contribution < -0.4 is 0 Å². The molecule has 1 saturated heterocycles. The molecule has 4 nitrogen and oxygen atoms in total. The summed E-state index contributed by atoms with van der Waals surface area (Å²) >= 11 is 0. The monoisotopic (exact) mass is 296 g/mol. The second kappa shape index (κ2) is 6.21. The summed E-state index contributed by atoms with van der Waals surface area (Å²) in [7, 11) is 0. The minimum Gasteiger partial charge on any atom is -0.335 e. The molecule has 0 amide bonds. The first-order valence-corrected chi connectivity index (χ1v) is 8.57. The molecule has 116 valence electrons. The molecule has 4 rings (SSSR count). The van der Waals surface area contributed by atoms with Crippen LogP contribution in [0.4, 0.5) is 0 Å². The van der Waals surface area contributed by atoms with Crippen molar-refractivity contribution in [2.24, 2.45) is 5.92 Å². The topological polar surface area (TPSA) is 34.0 Å². The van der Waals surface area contributed by atoms with Gasteiger partial charge in [0.25, 0.3) is 0 Å². The number of likely N-dealkylation sites (tertiary alicyclic amines) is 1. The Morgan fingerprint density at radius 1 is 1.00 bits per heavy atom. The summed E-state index contributed by atoms with van der Waals surface area (Å²) < 4.78 is 2.21. The second-order valence-corrected chi connectivity index (χ2v) is 6.65. The van der Waals surface area contributed by atoms with Gasteiger partial charge in [-0.15, -0.1) is 0 Å². The Labute approximate surface area is 132 Å². The number of rotatable bonds is 5. The molecule has 4 heteroatoms. The zero-order valence-electron chi connectivity index (χ0n) is 13.1. The Morgan fingerprint density at radius 2 is 1.95 bits per heavy atom. The number of imidazole rings is 1. The zero-order chi connectivity index (χ0) is 14.8. The molecule has 0 unspecified atom stereocenters. The van der Waals surface area contributed by atoms with Crippen molar-refractivity contribution in [3.63, 3.8) is 0 Å². The molecule has 1 aliphatic heterocycles. The van der Waals surface area contributed by atoms with Crippen LogP contribution in [0.1, 0.15) is 32.1 Å². The molecule has 2 aliphatic rings. The fourth-order valence-corrected chi connectivity index (χ4v) is 3.86. The lowest BCUT2D eigenvalue weighted by atomic mass is 9.79. The van der Waals surface area contributed by atoms with Crippen LogP contribution in [0.3, 0.4) is 0 Å². The summed E-state index contributed by atoms with van der Waals surface area (Å²) in [4.78, 5) is 11.6. The van der Waals surface area contributed by atoms with Crippen molar-refractivity contribution in [1.29, 1.82) is 0 Å². The van der Waals surface area contributed by atoms with Gasteiger partial charge in [0.2, 0.25) is 0 Å². The van der Waals surface area contributed by atoms with E-state index in [4.69, 9.17) is 0 Å². The van der Waals surface area contributed by atoms with E-state index in [2.05, 4.69) is 25.6 Å². The van der Waals surface area contributed by atoms with Crippen LogP contribution in [0.5, 0.6) is 0 Å². The summed E-state index contributed by atoms with van der Waals surface area (Å²) in [5.74, 6) is 0.981. The molecule has 0 bridgehead atoms. The molecule has 0 N–H and O–H groups in total. The van der Waals surface area contributed by atoms with E-state index in [1.165, 1.54) is 38.6 Å². The second-order valence-electron chi connectivity index (χ2n) is 6.65. The molecule has 0 aromatic carbocycles. The van der Waals surface area contributed by atoms with Crippen molar-refractivity contribution >= 4 is 0 Å². The highest BCUT2D eigenvalue weighted by Gasteiger charge is 2.34. The third-order valence-corrected chi connectivity index (χ3v) is 5.31. The lowest BCUT2D eigenvalue weighted by Crippen LogP contribution is -2.40. The van der Waals surface area contributed by atoms with E-state index < -0.39 is 0 Å². The third kappa shape index (κ3) is 2.80. The van der Waals surface area contributed by atoms with Gasteiger partial charge in [0, 0.05) is 31.5 Å². The molecule has 2 aromatic heterocycles. The van der Waals surface area contributed by atoms with Gasteiger partial charge < -0.3 is 4.57 Å². The smallest absolute Gasteiger partial charge is 0.107 e. The molecule has 0 radical (unpaired) electrons. The van der Waals surface area contributed by atoms with Gasteiger partial charge in [-0.25, -0.2) is 4.98 Å². The summed E-state index contributed by atoms with van der Waals surface area (Å²) in [6.45, 7) is 3.46. The van der Waals surface area contributed by atoms with Gasteiger partial charge >= 0.3 is 0 Å². The highest BCUT2D eigenvalue weighted by atomic mass is 15.2. The van der Waals surface area contributed by atoms with Crippen LogP contribution in [0.2, 0.25) is 0 Å². The van der Waals surface area contributed by atoms with Crippen molar-refractivity contribution in [1.82, 2.24) is 19.4 Å². The Balaban J connectivity index is 1.37. The Bertz CT molecular complexity index is 603. The fourth-order valence-electron chi connectivity index (χ4n) is 3.86. The molecule has 22 heavy (non-hydrogen) atoms. The molecule has 2 aromatic rings. The minimum atomic E-state index is 0.854. The van der Waals surface area contributed by atoms with E-state index in [-0.39, 0.29) is 0 Å². The standard InChI is InChI=1S/C18H24N4/c1-2-9-19-16(7-1)17-13-21(14-20-17)11-12-22-10-4-8-18(22)15-5-3-6-15/h1-2,7,9,13-15,18H,3-6,8,10-12H2/t18-/m1/s1. The zero-order valence-corrected chi connectivity index (χ0v) is 13.1. The fraction of sp³-hybridized carbons (Fsp3) is 0.556. The molecule has 3 heterocycles.